The van der Waals surface area contributed by atoms with Crippen LogP contribution >= 0.6 is 15.9 Å². The summed E-state index contributed by atoms with van der Waals surface area (Å²) >= 11 is 3.52. The molecule has 0 spiro atoms. The van der Waals surface area contributed by atoms with E-state index in [-0.39, 0.29) is 0 Å². The molecule has 1 aromatic rings. The van der Waals surface area contributed by atoms with E-state index in [0.717, 1.165) is 16.8 Å². The first-order chi connectivity index (χ1) is 6.71. The topological polar surface area (TPSA) is 29.9 Å². The molecule has 1 fully saturated rings. The van der Waals surface area contributed by atoms with Crippen LogP contribution in [0.4, 0.5) is 5.82 Å². The van der Waals surface area contributed by atoms with Crippen molar-refractivity contribution in [3.63, 3.8) is 0 Å². The Hall–Kier alpha value is -0.510. The molecular weight excluding hydrogens is 242 g/mol. The molecule has 1 aliphatic carbocycles. The SMILES string of the molecule is CC1(C2CCNc3c(Br)cnn32)CC1. The van der Waals surface area contributed by atoms with Gasteiger partial charge < -0.3 is 5.32 Å². The first kappa shape index (κ1) is 8.77. The van der Waals surface area contributed by atoms with Crippen molar-refractivity contribution in [2.75, 3.05) is 11.9 Å². The van der Waals surface area contributed by atoms with Gasteiger partial charge in [0.2, 0.25) is 0 Å². The molecule has 1 aliphatic heterocycles. The highest BCUT2D eigenvalue weighted by molar-refractivity contribution is 9.10. The fourth-order valence-corrected chi connectivity index (χ4v) is 2.78. The average Bonchev–Trinajstić information content (AvgIpc) is 2.83. The molecule has 2 aliphatic rings. The molecule has 4 heteroatoms. The number of halogens is 1. The summed E-state index contributed by atoms with van der Waals surface area (Å²) in [4.78, 5) is 0. The van der Waals surface area contributed by atoms with E-state index in [2.05, 4.69) is 38.0 Å². The fourth-order valence-electron chi connectivity index (χ4n) is 2.37. The maximum absolute atomic E-state index is 4.45. The van der Waals surface area contributed by atoms with E-state index < -0.39 is 0 Å². The van der Waals surface area contributed by atoms with Crippen molar-refractivity contribution in [2.45, 2.75) is 32.2 Å². The third-order valence-electron chi connectivity index (χ3n) is 3.60. The lowest BCUT2D eigenvalue weighted by molar-refractivity contribution is 0.284. The van der Waals surface area contributed by atoms with Gasteiger partial charge >= 0.3 is 0 Å². The Kier molecular flexibility index (Phi) is 1.72. The largest absolute Gasteiger partial charge is 0.369 e. The smallest absolute Gasteiger partial charge is 0.139 e. The van der Waals surface area contributed by atoms with Gasteiger partial charge in [-0.15, -0.1) is 0 Å². The number of nitrogens with one attached hydrogen (secondary N) is 1. The Bertz CT molecular complexity index is 367. The zero-order valence-electron chi connectivity index (χ0n) is 8.26. The van der Waals surface area contributed by atoms with E-state index in [1.807, 2.05) is 6.20 Å². The molecular formula is C10H14BrN3. The molecule has 1 N–H and O–H groups in total. The average molecular weight is 256 g/mol. The summed E-state index contributed by atoms with van der Waals surface area (Å²) < 4.78 is 3.26. The molecule has 0 radical (unpaired) electrons. The highest BCUT2D eigenvalue weighted by Crippen LogP contribution is 2.56. The summed E-state index contributed by atoms with van der Waals surface area (Å²) in [5, 5.41) is 7.85. The van der Waals surface area contributed by atoms with Crippen molar-refractivity contribution >= 4 is 21.7 Å². The molecule has 0 saturated heterocycles. The number of anilines is 1. The molecule has 2 heterocycles. The Morgan fingerprint density at radius 2 is 2.43 bits per heavy atom. The minimum Gasteiger partial charge on any atom is -0.369 e. The second kappa shape index (κ2) is 2.75. The normalized spacial score (nSPS) is 28.0. The molecule has 3 nitrogen and oxygen atoms in total. The van der Waals surface area contributed by atoms with Crippen molar-refractivity contribution in [1.82, 2.24) is 9.78 Å². The highest BCUT2D eigenvalue weighted by atomic mass is 79.9. The van der Waals surface area contributed by atoms with Gasteiger partial charge in [-0.05, 0) is 40.6 Å². The molecule has 76 valence electrons. The van der Waals surface area contributed by atoms with Crippen LogP contribution in [0, 0.1) is 5.41 Å². The molecule has 14 heavy (non-hydrogen) atoms. The van der Waals surface area contributed by atoms with Gasteiger partial charge in [-0.3, -0.25) is 0 Å². The molecule has 1 unspecified atom stereocenters. The number of hydrogen-bond acceptors (Lipinski definition) is 2. The van der Waals surface area contributed by atoms with Crippen molar-refractivity contribution in [3.8, 4) is 0 Å². The molecule has 1 saturated carbocycles. The number of nitrogens with zero attached hydrogens (tertiary/aromatic N) is 2. The summed E-state index contributed by atoms with van der Waals surface area (Å²) in [7, 11) is 0. The number of hydrogen-bond donors (Lipinski definition) is 1. The molecule has 3 rings (SSSR count). The zero-order chi connectivity index (χ0) is 9.76. The lowest BCUT2D eigenvalue weighted by atomic mass is 9.95. The number of rotatable bonds is 1. The Morgan fingerprint density at radius 1 is 1.64 bits per heavy atom. The van der Waals surface area contributed by atoms with Gasteiger partial charge in [0.05, 0.1) is 16.7 Å². The van der Waals surface area contributed by atoms with Crippen LogP contribution in [-0.4, -0.2) is 16.3 Å². The van der Waals surface area contributed by atoms with Crippen LogP contribution in [0.15, 0.2) is 10.7 Å². The summed E-state index contributed by atoms with van der Waals surface area (Å²) in [6.07, 6.45) is 5.81. The Labute approximate surface area is 92.0 Å². The van der Waals surface area contributed by atoms with Crippen LogP contribution in [-0.2, 0) is 0 Å². The van der Waals surface area contributed by atoms with E-state index in [4.69, 9.17) is 0 Å². The van der Waals surface area contributed by atoms with Crippen LogP contribution in [0.2, 0.25) is 0 Å². The predicted octanol–water partition coefficient (Wildman–Crippen LogP) is 2.80. The van der Waals surface area contributed by atoms with Crippen molar-refractivity contribution in [1.29, 1.82) is 0 Å². The summed E-state index contributed by atoms with van der Waals surface area (Å²) in [6, 6.07) is 0.602. The van der Waals surface area contributed by atoms with Gasteiger partial charge in [-0.25, -0.2) is 4.68 Å². The predicted molar refractivity (Wildman–Crippen MR) is 59.4 cm³/mol. The monoisotopic (exact) mass is 255 g/mol. The molecule has 0 aromatic carbocycles. The van der Waals surface area contributed by atoms with Crippen LogP contribution in [0.25, 0.3) is 0 Å². The zero-order valence-corrected chi connectivity index (χ0v) is 9.84. The van der Waals surface area contributed by atoms with Gasteiger partial charge in [-0.2, -0.15) is 5.10 Å². The lowest BCUT2D eigenvalue weighted by Crippen LogP contribution is -2.28. The first-order valence-corrected chi connectivity index (χ1v) is 5.97. The van der Waals surface area contributed by atoms with E-state index >= 15 is 0 Å². The third-order valence-corrected chi connectivity index (χ3v) is 4.18. The van der Waals surface area contributed by atoms with Crippen LogP contribution in [0.3, 0.4) is 0 Å². The highest BCUT2D eigenvalue weighted by Gasteiger charge is 2.47. The standard InChI is InChI=1S/C10H14BrN3/c1-10(3-4-10)8-2-5-12-9-7(11)6-13-14(8)9/h6,8,12H,2-5H2,1H3. The Balaban J connectivity index is 2.03. The van der Waals surface area contributed by atoms with Crippen LogP contribution < -0.4 is 5.32 Å². The molecule has 0 bridgehead atoms. The summed E-state index contributed by atoms with van der Waals surface area (Å²) in [6.45, 7) is 3.45. The van der Waals surface area contributed by atoms with Gasteiger partial charge in [0, 0.05) is 6.54 Å². The fraction of sp³-hybridized carbons (Fsp3) is 0.700. The second-order valence-corrected chi connectivity index (χ2v) is 5.53. The van der Waals surface area contributed by atoms with Crippen molar-refractivity contribution < 1.29 is 0 Å². The van der Waals surface area contributed by atoms with E-state index in [1.54, 1.807) is 0 Å². The van der Waals surface area contributed by atoms with E-state index in [9.17, 15) is 0 Å². The summed E-state index contributed by atoms with van der Waals surface area (Å²) in [5.74, 6) is 1.16. The lowest BCUT2D eigenvalue weighted by Gasteiger charge is -2.30. The quantitative estimate of drug-likeness (QED) is 0.837. The van der Waals surface area contributed by atoms with Crippen LogP contribution in [0.5, 0.6) is 0 Å². The van der Waals surface area contributed by atoms with Crippen molar-refractivity contribution in [2.24, 2.45) is 5.41 Å². The Morgan fingerprint density at radius 3 is 3.14 bits per heavy atom. The van der Waals surface area contributed by atoms with Crippen LogP contribution in [0.1, 0.15) is 32.2 Å². The van der Waals surface area contributed by atoms with Gasteiger partial charge in [0.1, 0.15) is 5.82 Å². The van der Waals surface area contributed by atoms with Gasteiger partial charge in [0.25, 0.3) is 0 Å². The molecule has 1 aromatic heterocycles. The summed E-state index contributed by atoms with van der Waals surface area (Å²) in [5.41, 5.74) is 0.516. The second-order valence-electron chi connectivity index (χ2n) is 4.67. The van der Waals surface area contributed by atoms with Gasteiger partial charge in [-0.1, -0.05) is 6.92 Å². The molecule has 0 amide bonds. The minimum atomic E-state index is 0.516. The number of aromatic nitrogens is 2. The maximum Gasteiger partial charge on any atom is 0.139 e. The maximum atomic E-state index is 4.45. The first-order valence-electron chi connectivity index (χ1n) is 5.18. The molecule has 1 atom stereocenters. The number of fused-ring (bicyclic) bond motifs is 1. The third kappa shape index (κ3) is 1.13. The van der Waals surface area contributed by atoms with Gasteiger partial charge in [0.15, 0.2) is 0 Å². The van der Waals surface area contributed by atoms with E-state index in [0.29, 0.717) is 11.5 Å². The minimum absolute atomic E-state index is 0.516. The van der Waals surface area contributed by atoms with E-state index in [1.165, 1.54) is 19.3 Å². The van der Waals surface area contributed by atoms with Crippen molar-refractivity contribution in [3.05, 3.63) is 10.7 Å².